The monoisotopic (exact) mass is 489 g/mol. The number of nitrogens with zero attached hydrogens (tertiary/aromatic N) is 1. The highest BCUT2D eigenvalue weighted by Gasteiger charge is 2.27. The lowest BCUT2D eigenvalue weighted by atomic mass is 10.1. The molecule has 0 atom stereocenters. The van der Waals surface area contributed by atoms with Crippen molar-refractivity contribution in [1.29, 1.82) is 0 Å². The maximum Gasteiger partial charge on any atom is 0.253 e. The van der Waals surface area contributed by atoms with E-state index >= 15 is 0 Å². The number of methoxy groups -OCH3 is 1. The molecule has 184 valence electrons. The van der Waals surface area contributed by atoms with Crippen LogP contribution < -0.4 is 15.4 Å². The third-order valence-corrected chi connectivity index (χ3v) is 7.24. The van der Waals surface area contributed by atoms with Gasteiger partial charge < -0.3 is 20.1 Å². The predicted molar refractivity (Wildman–Crippen MR) is 129 cm³/mol. The summed E-state index contributed by atoms with van der Waals surface area (Å²) in [6.45, 7) is 5.05. The van der Waals surface area contributed by atoms with Crippen molar-refractivity contribution in [1.82, 2.24) is 9.62 Å². The average molecular weight is 490 g/mol. The van der Waals surface area contributed by atoms with Crippen LogP contribution in [0.15, 0.2) is 47.4 Å². The highest BCUT2D eigenvalue weighted by molar-refractivity contribution is 7.89. The van der Waals surface area contributed by atoms with Crippen LogP contribution in [-0.2, 0) is 26.0 Å². The molecule has 0 spiro atoms. The minimum Gasteiger partial charge on any atom is -0.496 e. The van der Waals surface area contributed by atoms with E-state index in [-0.39, 0.29) is 35.6 Å². The molecule has 1 fully saturated rings. The second-order valence-corrected chi connectivity index (χ2v) is 10.1. The van der Waals surface area contributed by atoms with Crippen molar-refractivity contribution in [3.8, 4) is 5.75 Å². The molecule has 2 aromatic rings. The Bertz CT molecular complexity index is 1130. The molecule has 1 aliphatic heterocycles. The van der Waals surface area contributed by atoms with Gasteiger partial charge in [-0.3, -0.25) is 9.59 Å². The molecule has 2 N–H and O–H groups in total. The van der Waals surface area contributed by atoms with E-state index in [1.54, 1.807) is 36.4 Å². The van der Waals surface area contributed by atoms with Crippen molar-refractivity contribution in [2.24, 2.45) is 0 Å². The Morgan fingerprint density at radius 1 is 1.12 bits per heavy atom. The zero-order valence-corrected chi connectivity index (χ0v) is 20.5. The molecule has 10 heteroatoms. The molecule has 3 rings (SSSR count). The standard InChI is InChI=1S/C24H31N3O6S/c1-17(2)25-24(29)20-6-4-5-7-21(20)26-23(28)11-8-18-16-19(9-10-22(18)32-3)34(30,31)27-12-14-33-15-13-27/h4-7,9-10,16-17H,8,11-15H2,1-3H3,(H,25,29)(H,26,28). The molecule has 1 saturated heterocycles. The Morgan fingerprint density at radius 2 is 1.82 bits per heavy atom. The quantitative estimate of drug-likeness (QED) is 0.559. The lowest BCUT2D eigenvalue weighted by Crippen LogP contribution is -2.40. The van der Waals surface area contributed by atoms with E-state index < -0.39 is 10.0 Å². The number of aryl methyl sites for hydroxylation is 1. The van der Waals surface area contributed by atoms with Gasteiger partial charge in [0.1, 0.15) is 5.75 Å². The zero-order chi connectivity index (χ0) is 24.7. The number of sulfonamides is 1. The number of benzene rings is 2. The molecule has 0 saturated carbocycles. The number of hydrogen-bond acceptors (Lipinski definition) is 6. The predicted octanol–water partition coefficient (Wildman–Crippen LogP) is 2.43. The zero-order valence-electron chi connectivity index (χ0n) is 19.7. The van der Waals surface area contributed by atoms with Gasteiger partial charge in [0.25, 0.3) is 5.91 Å². The normalized spacial score (nSPS) is 14.6. The number of anilines is 1. The van der Waals surface area contributed by atoms with E-state index in [2.05, 4.69) is 10.6 Å². The van der Waals surface area contributed by atoms with Crippen molar-refractivity contribution >= 4 is 27.5 Å². The summed E-state index contributed by atoms with van der Waals surface area (Å²) < 4.78 is 38.0. The van der Waals surface area contributed by atoms with Crippen LogP contribution in [-0.4, -0.2) is 64.0 Å². The second kappa shape index (κ2) is 11.5. The molecule has 2 aromatic carbocycles. The average Bonchev–Trinajstić information content (AvgIpc) is 2.83. The first-order valence-electron chi connectivity index (χ1n) is 11.2. The molecule has 9 nitrogen and oxygen atoms in total. The molecule has 0 radical (unpaired) electrons. The van der Waals surface area contributed by atoms with Crippen molar-refractivity contribution in [2.45, 2.75) is 37.6 Å². The maximum absolute atomic E-state index is 13.0. The highest BCUT2D eigenvalue weighted by atomic mass is 32.2. The topological polar surface area (TPSA) is 114 Å². The molecule has 0 aliphatic carbocycles. The Kier molecular flexibility index (Phi) is 8.65. The summed E-state index contributed by atoms with van der Waals surface area (Å²) in [4.78, 5) is 25.3. The molecule has 0 aromatic heterocycles. The van der Waals surface area contributed by atoms with Crippen molar-refractivity contribution in [3.05, 3.63) is 53.6 Å². The van der Waals surface area contributed by atoms with Gasteiger partial charge in [-0.1, -0.05) is 12.1 Å². The molecule has 0 unspecified atom stereocenters. The molecule has 1 heterocycles. The lowest BCUT2D eigenvalue weighted by molar-refractivity contribution is -0.116. The van der Waals surface area contributed by atoms with Gasteiger partial charge >= 0.3 is 0 Å². The van der Waals surface area contributed by atoms with E-state index in [1.807, 2.05) is 13.8 Å². The van der Waals surface area contributed by atoms with Crippen LogP contribution in [0, 0.1) is 0 Å². The largest absolute Gasteiger partial charge is 0.496 e. The fourth-order valence-corrected chi connectivity index (χ4v) is 5.10. The fraction of sp³-hybridized carbons (Fsp3) is 0.417. The van der Waals surface area contributed by atoms with Gasteiger partial charge in [0.05, 0.1) is 36.5 Å². The Balaban J connectivity index is 1.72. The van der Waals surface area contributed by atoms with Gasteiger partial charge in [0, 0.05) is 25.6 Å². The number of amides is 2. The smallest absolute Gasteiger partial charge is 0.253 e. The third-order valence-electron chi connectivity index (χ3n) is 5.35. The Hall–Kier alpha value is -2.95. The van der Waals surface area contributed by atoms with Crippen molar-refractivity contribution in [3.63, 3.8) is 0 Å². The van der Waals surface area contributed by atoms with Crippen LogP contribution in [0.1, 0.15) is 36.2 Å². The molecule has 34 heavy (non-hydrogen) atoms. The summed E-state index contributed by atoms with van der Waals surface area (Å²) in [6.07, 6.45) is 0.347. The maximum atomic E-state index is 13.0. The number of rotatable bonds is 9. The van der Waals surface area contributed by atoms with E-state index in [4.69, 9.17) is 9.47 Å². The number of hydrogen-bond donors (Lipinski definition) is 2. The lowest BCUT2D eigenvalue weighted by Gasteiger charge is -2.26. The Labute approximate surface area is 200 Å². The molecular formula is C24H31N3O6S. The number of carbonyl (C=O) groups is 2. The van der Waals surface area contributed by atoms with Crippen LogP contribution in [0.4, 0.5) is 5.69 Å². The number of morpholine rings is 1. The van der Waals surface area contributed by atoms with E-state index in [0.29, 0.717) is 48.9 Å². The summed E-state index contributed by atoms with van der Waals surface area (Å²) in [7, 11) is -2.17. The summed E-state index contributed by atoms with van der Waals surface area (Å²) in [5.41, 5.74) is 1.40. The first-order chi connectivity index (χ1) is 16.2. The fourth-order valence-electron chi connectivity index (χ4n) is 3.64. The van der Waals surface area contributed by atoms with Crippen LogP contribution in [0.3, 0.4) is 0 Å². The molecule has 2 amide bonds. The summed E-state index contributed by atoms with van der Waals surface area (Å²) >= 11 is 0. The van der Waals surface area contributed by atoms with Crippen LogP contribution in [0.5, 0.6) is 5.75 Å². The van der Waals surface area contributed by atoms with Crippen LogP contribution in [0.2, 0.25) is 0 Å². The molecule has 0 bridgehead atoms. The highest BCUT2D eigenvalue weighted by Crippen LogP contribution is 2.26. The van der Waals surface area contributed by atoms with E-state index in [9.17, 15) is 18.0 Å². The minimum absolute atomic E-state index is 0.0373. The number of nitrogens with one attached hydrogen (secondary N) is 2. The van der Waals surface area contributed by atoms with Gasteiger partial charge in [-0.05, 0) is 56.2 Å². The summed E-state index contributed by atoms with van der Waals surface area (Å²) in [5.74, 6) is -0.0627. The summed E-state index contributed by atoms with van der Waals surface area (Å²) in [5, 5.41) is 5.61. The van der Waals surface area contributed by atoms with E-state index in [1.165, 1.54) is 17.5 Å². The Morgan fingerprint density at radius 3 is 2.50 bits per heavy atom. The second-order valence-electron chi connectivity index (χ2n) is 8.21. The first-order valence-corrected chi connectivity index (χ1v) is 12.6. The van der Waals surface area contributed by atoms with Gasteiger partial charge in [-0.25, -0.2) is 8.42 Å². The number of carbonyl (C=O) groups excluding carboxylic acids is 2. The van der Waals surface area contributed by atoms with Crippen LogP contribution >= 0.6 is 0 Å². The van der Waals surface area contributed by atoms with Crippen molar-refractivity contribution < 1.29 is 27.5 Å². The first kappa shape index (κ1) is 25.7. The molecule has 1 aliphatic rings. The third kappa shape index (κ3) is 6.34. The van der Waals surface area contributed by atoms with Gasteiger partial charge in [-0.2, -0.15) is 4.31 Å². The van der Waals surface area contributed by atoms with Gasteiger partial charge in [-0.15, -0.1) is 0 Å². The van der Waals surface area contributed by atoms with Crippen LogP contribution in [0.25, 0.3) is 0 Å². The SMILES string of the molecule is COc1ccc(S(=O)(=O)N2CCOCC2)cc1CCC(=O)Nc1ccccc1C(=O)NC(C)C. The number of ether oxygens (including phenoxy) is 2. The molecular weight excluding hydrogens is 458 g/mol. The van der Waals surface area contributed by atoms with Gasteiger partial charge in [0.2, 0.25) is 15.9 Å². The van der Waals surface area contributed by atoms with Gasteiger partial charge in [0.15, 0.2) is 0 Å². The summed E-state index contributed by atoms with van der Waals surface area (Å²) in [6, 6.07) is 11.4. The van der Waals surface area contributed by atoms with Crippen molar-refractivity contribution in [2.75, 3.05) is 38.7 Å². The minimum atomic E-state index is -3.67. The number of para-hydroxylation sites is 1. The van der Waals surface area contributed by atoms with E-state index in [0.717, 1.165) is 0 Å².